The van der Waals surface area contributed by atoms with Crippen molar-refractivity contribution in [1.29, 1.82) is 0 Å². The van der Waals surface area contributed by atoms with Crippen molar-refractivity contribution < 1.29 is 41.3 Å². The van der Waals surface area contributed by atoms with Crippen LogP contribution >= 0.6 is 0 Å². The van der Waals surface area contributed by atoms with Gasteiger partial charge in [-0.05, 0) is 54.9 Å². The van der Waals surface area contributed by atoms with Crippen LogP contribution < -0.4 is 0 Å². The molecule has 0 bridgehead atoms. The van der Waals surface area contributed by atoms with Gasteiger partial charge in [0.25, 0.3) is 0 Å². The van der Waals surface area contributed by atoms with Gasteiger partial charge in [0.05, 0.1) is 11.3 Å². The number of furan rings is 1. The van der Waals surface area contributed by atoms with Crippen LogP contribution in [0.1, 0.15) is 72.5 Å². The number of benzene rings is 1. The van der Waals surface area contributed by atoms with Gasteiger partial charge in [0.15, 0.2) is 5.78 Å². The molecule has 0 amide bonds. The number of fused-ring (bicyclic) bond motifs is 3. The van der Waals surface area contributed by atoms with Gasteiger partial charge in [0.1, 0.15) is 0 Å². The Morgan fingerprint density at radius 3 is 2.47 bits per heavy atom. The van der Waals surface area contributed by atoms with E-state index >= 15 is 0 Å². The predicted octanol–water partition coefficient (Wildman–Crippen LogP) is 8.44. The van der Waals surface area contributed by atoms with Gasteiger partial charge in [-0.2, -0.15) is 0 Å². The fourth-order valence-electron chi connectivity index (χ4n) is 3.93. The summed E-state index contributed by atoms with van der Waals surface area (Å²) in [6.45, 7) is 9.35. The van der Waals surface area contributed by atoms with Crippen LogP contribution in [0.5, 0.6) is 0 Å². The molecule has 38 heavy (non-hydrogen) atoms. The average Bonchev–Trinajstić information content (AvgIpc) is 3.25. The van der Waals surface area contributed by atoms with Crippen molar-refractivity contribution >= 4 is 27.9 Å². The summed E-state index contributed by atoms with van der Waals surface area (Å²) >= 11 is 0. The third kappa shape index (κ3) is 8.89. The first kappa shape index (κ1) is 24.2. The first-order chi connectivity index (χ1) is 19.5. The smallest absolute Gasteiger partial charge is 0.216 e. The maximum absolute atomic E-state index is 11.2. The summed E-state index contributed by atoms with van der Waals surface area (Å²) in [5.74, 6) is 0.777. The molecular weight excluding hydrogens is 653 g/mol. The number of hydrogen-bond acceptors (Lipinski definition) is 5. The standard InChI is InChI=1S/C21H19N2O.C11H20O2.Ir/c1-13(2)11-15-9-10-22-19(12-15)18-6-4-5-16-17-8-7-14(3)23-21(17)24-20(16)18;1-8(2)5-10(12)7-11(13)6-9(3)4;/h4-5,7-10,12-13H,11H2,1-3H3;7-9,12H,5-6H2,1-4H3;/q-1;;/b;10-7-;/i3D3,11D2;;. The zero-order valence-corrected chi connectivity index (χ0v) is 25.2. The molecule has 0 saturated heterocycles. The molecule has 0 aliphatic carbocycles. The monoisotopic (exact) mass is 697 g/mol. The Labute approximate surface area is 247 Å². The largest absolute Gasteiger partial charge is 0.512 e. The van der Waals surface area contributed by atoms with Crippen LogP contribution in [0.4, 0.5) is 0 Å². The minimum absolute atomic E-state index is 0. The molecule has 4 rings (SSSR count). The van der Waals surface area contributed by atoms with Crippen molar-refractivity contribution in [2.75, 3.05) is 0 Å². The van der Waals surface area contributed by atoms with E-state index < -0.39 is 13.2 Å². The summed E-state index contributed by atoms with van der Waals surface area (Å²) in [5, 5.41) is 10.8. The zero-order chi connectivity index (χ0) is 31.4. The van der Waals surface area contributed by atoms with Gasteiger partial charge in [-0.1, -0.05) is 64.1 Å². The van der Waals surface area contributed by atoms with E-state index in [1.807, 2.05) is 47.6 Å². The molecule has 3 aromatic heterocycles. The summed E-state index contributed by atoms with van der Waals surface area (Å²) in [6, 6.07) is 13.3. The first-order valence-electron chi connectivity index (χ1n) is 15.1. The topological polar surface area (TPSA) is 76.2 Å². The Kier molecular flexibility index (Phi) is 9.16. The number of aliphatic hydroxyl groups is 1. The van der Waals surface area contributed by atoms with Crippen LogP contribution in [0.25, 0.3) is 33.3 Å². The molecule has 0 saturated carbocycles. The second-order valence-corrected chi connectivity index (χ2v) is 10.3. The van der Waals surface area contributed by atoms with E-state index in [4.69, 9.17) is 11.3 Å². The molecule has 1 aromatic carbocycles. The molecule has 3 heterocycles. The molecule has 1 N–H and O–H groups in total. The average molecular weight is 697 g/mol. The number of aliphatic hydroxyl groups excluding tert-OH is 1. The van der Waals surface area contributed by atoms with Gasteiger partial charge in [-0.15, -0.1) is 18.2 Å². The molecule has 0 spiro atoms. The molecule has 0 atom stereocenters. The van der Waals surface area contributed by atoms with E-state index in [2.05, 4.69) is 16.0 Å². The molecule has 205 valence electrons. The SMILES string of the molecule is CC(C)CC(=O)/C=C(\O)CC(C)C.[2H]C([2H])([2H])c1ccc2c(n1)oc1c(-c3cc(C([2H])([2H])C(C)C)ccn3)[c-]ccc12.[Ir]. The summed E-state index contributed by atoms with van der Waals surface area (Å²) in [6.07, 6.45) is 2.53. The number of ketones is 1. The number of aryl methyl sites for hydroxylation is 1. The third-order valence-electron chi connectivity index (χ3n) is 5.32. The van der Waals surface area contributed by atoms with Gasteiger partial charge < -0.3 is 14.5 Å². The van der Waals surface area contributed by atoms with Crippen LogP contribution in [0, 0.1) is 30.7 Å². The van der Waals surface area contributed by atoms with Crippen LogP contribution in [0.3, 0.4) is 0 Å². The Hall–Kier alpha value is -2.82. The molecule has 1 radical (unpaired) electrons. The van der Waals surface area contributed by atoms with E-state index in [-0.39, 0.29) is 49.0 Å². The molecule has 0 unspecified atom stereocenters. The molecule has 5 nitrogen and oxygen atoms in total. The number of carbonyl (C=O) groups excluding carboxylic acids is 1. The quantitative estimate of drug-likeness (QED) is 0.114. The van der Waals surface area contributed by atoms with E-state index in [0.717, 1.165) is 5.39 Å². The number of rotatable bonds is 8. The maximum atomic E-state index is 11.2. The second kappa shape index (κ2) is 14.4. The Bertz CT molecular complexity index is 1580. The number of allylic oxidation sites excluding steroid dienone is 2. The first-order valence-corrected chi connectivity index (χ1v) is 12.6. The summed E-state index contributed by atoms with van der Waals surface area (Å²) in [7, 11) is 0. The van der Waals surface area contributed by atoms with Crippen LogP contribution in [0.2, 0.25) is 0 Å². The number of hydrogen-bond donors (Lipinski definition) is 1. The van der Waals surface area contributed by atoms with Gasteiger partial charge in [0, 0.05) is 63.2 Å². The van der Waals surface area contributed by atoms with Crippen molar-refractivity contribution in [3.63, 3.8) is 0 Å². The molecule has 0 aliphatic heterocycles. The summed E-state index contributed by atoms with van der Waals surface area (Å²) in [4.78, 5) is 19.8. The normalized spacial score (nSPS) is 14.3. The minimum Gasteiger partial charge on any atom is -0.512 e. The fraction of sp³-hybridized carbons (Fsp3) is 0.406. The molecule has 0 aliphatic rings. The second-order valence-electron chi connectivity index (χ2n) is 10.3. The van der Waals surface area contributed by atoms with Gasteiger partial charge in [0.2, 0.25) is 5.71 Å². The number of pyridine rings is 2. The van der Waals surface area contributed by atoms with Crippen molar-refractivity contribution in [2.45, 2.75) is 67.6 Å². The third-order valence-corrected chi connectivity index (χ3v) is 5.32. The number of aromatic nitrogens is 2. The van der Waals surface area contributed by atoms with E-state index in [9.17, 15) is 9.90 Å². The van der Waals surface area contributed by atoms with Crippen molar-refractivity contribution in [1.82, 2.24) is 9.97 Å². The van der Waals surface area contributed by atoms with Gasteiger partial charge >= 0.3 is 0 Å². The Morgan fingerprint density at radius 1 is 1.08 bits per heavy atom. The van der Waals surface area contributed by atoms with E-state index in [0.29, 0.717) is 52.5 Å². The maximum Gasteiger partial charge on any atom is 0.216 e. The molecule has 0 fully saturated rings. The molecule has 6 heteroatoms. The summed E-state index contributed by atoms with van der Waals surface area (Å²) in [5.41, 5.74) is 2.35. The van der Waals surface area contributed by atoms with Crippen molar-refractivity contribution in [2.24, 2.45) is 17.8 Å². The molecular formula is C32H39IrN2O3-. The summed E-state index contributed by atoms with van der Waals surface area (Å²) < 4.78 is 45.3. The van der Waals surface area contributed by atoms with Crippen molar-refractivity contribution in [3.8, 4) is 11.3 Å². The van der Waals surface area contributed by atoms with Crippen LogP contribution in [-0.4, -0.2) is 20.9 Å². The fourth-order valence-corrected chi connectivity index (χ4v) is 3.93. The van der Waals surface area contributed by atoms with E-state index in [1.54, 1.807) is 30.5 Å². The zero-order valence-electron chi connectivity index (χ0n) is 27.8. The number of carbonyl (C=O) groups is 1. The minimum atomic E-state index is -2.32. The molecule has 4 aromatic rings. The Balaban J connectivity index is 0.000000394. The van der Waals surface area contributed by atoms with Gasteiger partial charge in [-0.3, -0.25) is 4.79 Å². The van der Waals surface area contributed by atoms with E-state index in [1.165, 1.54) is 12.1 Å². The van der Waals surface area contributed by atoms with Crippen LogP contribution in [-0.2, 0) is 31.3 Å². The van der Waals surface area contributed by atoms with Crippen molar-refractivity contribution in [3.05, 3.63) is 71.8 Å². The number of nitrogens with zero attached hydrogens (tertiary/aromatic N) is 2. The van der Waals surface area contributed by atoms with Crippen LogP contribution in [0.15, 0.2) is 58.8 Å². The van der Waals surface area contributed by atoms with Gasteiger partial charge in [-0.25, -0.2) is 4.98 Å². The predicted molar refractivity (Wildman–Crippen MR) is 151 cm³/mol. The Morgan fingerprint density at radius 2 is 1.82 bits per heavy atom.